The van der Waals surface area contributed by atoms with Crippen LogP contribution in [0, 0.1) is 0 Å². The summed E-state index contributed by atoms with van der Waals surface area (Å²) in [5.74, 6) is 2.89. The first-order valence-corrected chi connectivity index (χ1v) is 19.5. The van der Waals surface area contributed by atoms with Crippen molar-refractivity contribution in [1.82, 2.24) is 0 Å². The Labute approximate surface area is 339 Å². The van der Waals surface area contributed by atoms with Crippen LogP contribution in [-0.2, 0) is 0 Å². The summed E-state index contributed by atoms with van der Waals surface area (Å²) < 4.78 is 11.0. The van der Waals surface area contributed by atoms with Crippen molar-refractivity contribution in [2.24, 2.45) is 0 Å². The zero-order chi connectivity index (χ0) is 39.5. The van der Waals surface area contributed by atoms with Crippen LogP contribution in [0.5, 0.6) is 23.0 Å². The van der Waals surface area contributed by atoms with Crippen molar-refractivity contribution in [2.75, 3.05) is 38.2 Å². The van der Waals surface area contributed by atoms with Crippen LogP contribution in [0.2, 0.25) is 0 Å². The number of aromatic hydroxyl groups is 2. The topological polar surface area (TPSA) is 99.4 Å². The summed E-state index contributed by atoms with van der Waals surface area (Å²) in [6.45, 7) is 0.492. The fourth-order valence-electron chi connectivity index (χ4n) is 6.34. The van der Waals surface area contributed by atoms with Crippen LogP contribution < -0.4 is 9.47 Å². The Kier molecular flexibility index (Phi) is 16.5. The molecule has 0 amide bonds. The highest BCUT2D eigenvalue weighted by Gasteiger charge is 2.16. The van der Waals surface area contributed by atoms with Crippen molar-refractivity contribution < 1.29 is 29.9 Å². The predicted molar refractivity (Wildman–Crippen MR) is 230 cm³/mol. The molecule has 56 heavy (non-hydrogen) atoms. The van der Waals surface area contributed by atoms with Crippen molar-refractivity contribution in [3.63, 3.8) is 0 Å². The smallest absolute Gasteiger partial charge is 0.119 e. The van der Waals surface area contributed by atoms with Crippen LogP contribution in [0.15, 0.2) is 158 Å². The Bertz CT molecular complexity index is 1960. The van der Waals surface area contributed by atoms with Crippen LogP contribution >= 0.6 is 23.2 Å². The first-order valence-electron chi connectivity index (χ1n) is 18.4. The number of rotatable bonds is 16. The van der Waals surface area contributed by atoms with Gasteiger partial charge in [0.15, 0.2) is 0 Å². The molecule has 8 heteroatoms. The molecule has 0 aliphatic carbocycles. The quantitative estimate of drug-likeness (QED) is 0.0576. The summed E-state index contributed by atoms with van der Waals surface area (Å²) in [7, 11) is 0. The van der Waals surface area contributed by atoms with E-state index in [0.717, 1.165) is 55.7 Å². The van der Waals surface area contributed by atoms with E-state index in [1.807, 2.05) is 109 Å². The van der Waals surface area contributed by atoms with E-state index in [4.69, 9.17) is 42.9 Å². The second-order valence-corrected chi connectivity index (χ2v) is 13.4. The lowest BCUT2D eigenvalue weighted by Gasteiger charge is -2.17. The van der Waals surface area contributed by atoms with Crippen LogP contribution in [0.25, 0.3) is 22.3 Å². The van der Waals surface area contributed by atoms with E-state index in [2.05, 4.69) is 24.3 Å². The lowest BCUT2D eigenvalue weighted by Crippen LogP contribution is -2.01. The highest BCUT2D eigenvalue weighted by molar-refractivity contribution is 6.19. The van der Waals surface area contributed by atoms with Crippen LogP contribution in [0.3, 0.4) is 0 Å². The average Bonchev–Trinajstić information content (AvgIpc) is 3.25. The number of aliphatic hydroxyl groups is 2. The molecule has 6 nitrogen and oxygen atoms in total. The highest BCUT2D eigenvalue weighted by atomic mass is 35.5. The van der Waals surface area contributed by atoms with Crippen LogP contribution in [0.1, 0.15) is 46.2 Å². The molecular weight excluding hydrogens is 743 g/mol. The SMILES string of the molecule is OCCOc1ccc(/C(=C(/CCCl)c2ccccc2)c2ccc(O)cc2)cc1.OCCOc1ccc(/C(=C(/CCCl)c2ccccc2)c2ccc(O)cc2)cc1. The zero-order valence-corrected chi connectivity index (χ0v) is 32.5. The minimum absolute atomic E-state index is 0.0196. The van der Waals surface area contributed by atoms with Crippen LogP contribution in [0.4, 0.5) is 0 Å². The molecule has 0 atom stereocenters. The van der Waals surface area contributed by atoms with Gasteiger partial charge in [-0.2, -0.15) is 0 Å². The van der Waals surface area contributed by atoms with E-state index < -0.39 is 0 Å². The summed E-state index contributed by atoms with van der Waals surface area (Å²) in [6.07, 6.45) is 1.43. The molecule has 6 aromatic carbocycles. The van der Waals surface area contributed by atoms with Crippen molar-refractivity contribution in [2.45, 2.75) is 12.8 Å². The zero-order valence-electron chi connectivity index (χ0n) is 31.0. The van der Waals surface area contributed by atoms with E-state index in [9.17, 15) is 10.2 Å². The van der Waals surface area contributed by atoms with Gasteiger partial charge in [0.25, 0.3) is 0 Å². The summed E-state index contributed by atoms with van der Waals surface area (Å²) in [6, 6.07) is 50.4. The summed E-state index contributed by atoms with van der Waals surface area (Å²) in [4.78, 5) is 0. The van der Waals surface area contributed by atoms with Gasteiger partial charge in [-0.15, -0.1) is 23.2 Å². The second-order valence-electron chi connectivity index (χ2n) is 12.6. The second kappa shape index (κ2) is 22.2. The normalized spacial score (nSPS) is 11.8. The van der Waals surface area contributed by atoms with Gasteiger partial charge in [0.1, 0.15) is 36.2 Å². The van der Waals surface area contributed by atoms with Gasteiger partial charge in [0.2, 0.25) is 0 Å². The number of aliphatic hydroxyl groups excluding tert-OH is 2. The van der Waals surface area contributed by atoms with Gasteiger partial charge in [-0.05, 0) is 117 Å². The lowest BCUT2D eigenvalue weighted by atomic mass is 9.88. The van der Waals surface area contributed by atoms with Gasteiger partial charge < -0.3 is 29.9 Å². The molecule has 0 spiro atoms. The molecule has 0 bridgehead atoms. The Morgan fingerprint density at radius 3 is 0.982 bits per heavy atom. The molecule has 0 unspecified atom stereocenters. The number of ether oxygens (including phenoxy) is 2. The first-order chi connectivity index (χ1) is 27.4. The first kappa shape index (κ1) is 41.7. The van der Waals surface area contributed by atoms with Crippen molar-refractivity contribution in [3.05, 3.63) is 191 Å². The van der Waals surface area contributed by atoms with Gasteiger partial charge in [0, 0.05) is 11.8 Å². The minimum Gasteiger partial charge on any atom is -0.508 e. The molecule has 4 N–H and O–H groups in total. The molecule has 6 aromatic rings. The van der Waals surface area contributed by atoms with E-state index in [-0.39, 0.29) is 37.9 Å². The number of alkyl halides is 2. The molecule has 0 saturated heterocycles. The fraction of sp³-hybridized carbons (Fsp3) is 0.167. The van der Waals surface area contributed by atoms with E-state index in [1.165, 1.54) is 0 Å². The molecule has 0 heterocycles. The average molecular weight is 790 g/mol. The number of phenols is 2. The standard InChI is InChI=1S/2C24H23ClO3/c2*25-15-14-23(18-4-2-1-3-5-18)24(19-6-10-21(27)11-7-19)20-8-12-22(13-9-20)28-17-16-26/h2*1-13,26-27H,14-17H2/b2*24-23-. The molecular formula is C48H46Cl2O6. The highest BCUT2D eigenvalue weighted by Crippen LogP contribution is 2.37. The minimum atomic E-state index is -0.0196. The van der Waals surface area contributed by atoms with Crippen molar-refractivity contribution in [1.29, 1.82) is 0 Å². The number of hydrogen-bond acceptors (Lipinski definition) is 6. The molecule has 288 valence electrons. The number of hydrogen-bond donors (Lipinski definition) is 4. The van der Waals surface area contributed by atoms with Gasteiger partial charge in [-0.3, -0.25) is 0 Å². The number of phenolic OH excluding ortho intramolecular Hbond substituents is 2. The molecule has 0 radical (unpaired) electrons. The Morgan fingerprint density at radius 2 is 0.696 bits per heavy atom. The maximum atomic E-state index is 9.71. The number of allylic oxidation sites excluding steroid dienone is 2. The Hall–Kier alpha value is -5.50. The molecule has 0 saturated carbocycles. The van der Waals surface area contributed by atoms with E-state index in [1.54, 1.807) is 24.3 Å². The molecule has 0 aromatic heterocycles. The monoisotopic (exact) mass is 788 g/mol. The number of halogens is 2. The van der Waals surface area contributed by atoms with Gasteiger partial charge in [0.05, 0.1) is 13.2 Å². The molecule has 6 rings (SSSR count). The predicted octanol–water partition coefficient (Wildman–Crippen LogP) is 10.7. The van der Waals surface area contributed by atoms with Crippen molar-refractivity contribution >= 4 is 45.5 Å². The van der Waals surface area contributed by atoms with E-state index >= 15 is 0 Å². The largest absolute Gasteiger partial charge is 0.508 e. The van der Waals surface area contributed by atoms with Crippen molar-refractivity contribution in [3.8, 4) is 23.0 Å². The summed E-state index contributed by atoms with van der Waals surface area (Å²) in [5, 5.41) is 37.3. The third-order valence-corrected chi connectivity index (χ3v) is 9.23. The van der Waals surface area contributed by atoms with Gasteiger partial charge in [-0.25, -0.2) is 0 Å². The molecule has 0 aliphatic rings. The molecule has 0 fully saturated rings. The maximum Gasteiger partial charge on any atom is 0.119 e. The van der Waals surface area contributed by atoms with Gasteiger partial charge >= 0.3 is 0 Å². The third-order valence-electron chi connectivity index (χ3n) is 8.86. The van der Waals surface area contributed by atoms with E-state index in [0.29, 0.717) is 36.1 Å². The Morgan fingerprint density at radius 1 is 0.393 bits per heavy atom. The number of benzene rings is 6. The van der Waals surface area contributed by atoms with Gasteiger partial charge in [-0.1, -0.05) is 109 Å². The summed E-state index contributed by atoms with van der Waals surface area (Å²) >= 11 is 12.3. The fourth-order valence-corrected chi connectivity index (χ4v) is 6.72. The summed E-state index contributed by atoms with van der Waals surface area (Å²) in [5.41, 5.74) is 10.7. The van der Waals surface area contributed by atoms with Crippen LogP contribution in [-0.4, -0.2) is 58.6 Å². The lowest BCUT2D eigenvalue weighted by molar-refractivity contribution is 0.201. The third kappa shape index (κ3) is 11.8. The maximum absolute atomic E-state index is 9.71. The Balaban J connectivity index is 0.000000214. The molecule has 0 aliphatic heterocycles.